The Labute approximate surface area is 178 Å². The summed E-state index contributed by atoms with van der Waals surface area (Å²) in [6.07, 6.45) is 11.8. The van der Waals surface area contributed by atoms with Crippen LogP contribution in [0.25, 0.3) is 6.08 Å². The van der Waals surface area contributed by atoms with Gasteiger partial charge in [0.15, 0.2) is 0 Å². The Bertz CT molecular complexity index is 1100. The average Bonchev–Trinajstić information content (AvgIpc) is 3.05. The summed E-state index contributed by atoms with van der Waals surface area (Å²) in [5.41, 5.74) is 4.09. The summed E-state index contributed by atoms with van der Waals surface area (Å²) in [5, 5.41) is 9.92. The predicted molar refractivity (Wildman–Crippen MR) is 119 cm³/mol. The van der Waals surface area contributed by atoms with Crippen LogP contribution in [-0.2, 0) is 4.79 Å². The topological polar surface area (TPSA) is 49.8 Å². The molecule has 0 saturated heterocycles. The van der Waals surface area contributed by atoms with Crippen molar-refractivity contribution in [3.8, 4) is 11.5 Å². The van der Waals surface area contributed by atoms with Gasteiger partial charge in [-0.05, 0) is 76.3 Å². The third-order valence-corrected chi connectivity index (χ3v) is 5.53. The Balaban J connectivity index is 1.78. The Morgan fingerprint density at radius 3 is 2.76 bits per heavy atom. The maximum Gasteiger partial charge on any atom is 0.262 e. The van der Waals surface area contributed by atoms with Crippen LogP contribution in [-0.4, -0.2) is 18.1 Å². The van der Waals surface area contributed by atoms with Crippen LogP contribution in [0, 0.1) is 0 Å². The Morgan fingerprint density at radius 1 is 1.21 bits per heavy atom. The third-order valence-electron chi connectivity index (χ3n) is 4.91. The smallest absolute Gasteiger partial charge is 0.262 e. The molecular formula is C24H20BrNO3. The number of phenols is 1. The van der Waals surface area contributed by atoms with Crippen molar-refractivity contribution in [2.24, 2.45) is 0 Å². The maximum atomic E-state index is 13.3. The van der Waals surface area contributed by atoms with E-state index in [1.54, 1.807) is 30.2 Å². The molecule has 146 valence electrons. The summed E-state index contributed by atoms with van der Waals surface area (Å²) in [4.78, 5) is 15.0. The van der Waals surface area contributed by atoms with E-state index < -0.39 is 0 Å². The monoisotopic (exact) mass is 449 g/mol. The van der Waals surface area contributed by atoms with E-state index in [0.29, 0.717) is 11.3 Å². The van der Waals surface area contributed by atoms with E-state index in [4.69, 9.17) is 4.74 Å². The highest BCUT2D eigenvalue weighted by Gasteiger charge is 2.31. The van der Waals surface area contributed by atoms with Crippen LogP contribution < -0.4 is 9.64 Å². The molecule has 2 aromatic carbocycles. The molecule has 0 fully saturated rings. The predicted octanol–water partition coefficient (Wildman–Crippen LogP) is 5.75. The molecule has 5 heteroatoms. The molecule has 1 N–H and O–H groups in total. The number of hydrogen-bond acceptors (Lipinski definition) is 3. The van der Waals surface area contributed by atoms with E-state index in [1.807, 2.05) is 48.6 Å². The fourth-order valence-electron chi connectivity index (χ4n) is 3.51. The highest BCUT2D eigenvalue weighted by molar-refractivity contribution is 9.10. The zero-order valence-electron chi connectivity index (χ0n) is 15.9. The number of carbonyl (C=O) groups is 1. The largest absolute Gasteiger partial charge is 0.508 e. The molecule has 1 amide bonds. The number of phenolic OH excluding ortho intramolecular Hbond substituents is 1. The second-order valence-electron chi connectivity index (χ2n) is 6.84. The van der Waals surface area contributed by atoms with E-state index in [9.17, 15) is 9.90 Å². The van der Waals surface area contributed by atoms with Gasteiger partial charge in [-0.25, -0.2) is 0 Å². The van der Waals surface area contributed by atoms with Gasteiger partial charge in [0.1, 0.15) is 11.5 Å². The lowest BCUT2D eigenvalue weighted by Gasteiger charge is -2.23. The summed E-state index contributed by atoms with van der Waals surface area (Å²) >= 11 is 3.49. The summed E-state index contributed by atoms with van der Waals surface area (Å²) < 4.78 is 6.11. The molecule has 1 aliphatic heterocycles. The molecule has 2 aliphatic rings. The van der Waals surface area contributed by atoms with Gasteiger partial charge < -0.3 is 9.84 Å². The van der Waals surface area contributed by atoms with Gasteiger partial charge >= 0.3 is 0 Å². The molecule has 2 aromatic rings. The summed E-state index contributed by atoms with van der Waals surface area (Å²) in [6.45, 7) is 0. The Morgan fingerprint density at radius 2 is 2.07 bits per heavy atom. The first-order valence-corrected chi connectivity index (χ1v) is 10.1. The minimum absolute atomic E-state index is 0.118. The highest BCUT2D eigenvalue weighted by Crippen LogP contribution is 2.37. The molecule has 29 heavy (non-hydrogen) atoms. The number of anilines is 1. The van der Waals surface area contributed by atoms with Gasteiger partial charge in [0.05, 0.1) is 23.0 Å². The quantitative estimate of drug-likeness (QED) is 0.604. The minimum atomic E-state index is -0.118. The third kappa shape index (κ3) is 3.91. The summed E-state index contributed by atoms with van der Waals surface area (Å²) in [6, 6.07) is 12.5. The Kier molecular flexibility index (Phi) is 5.41. The van der Waals surface area contributed by atoms with Gasteiger partial charge in [-0.2, -0.15) is 0 Å². The average molecular weight is 450 g/mol. The fourth-order valence-corrected chi connectivity index (χ4v) is 4.07. The lowest BCUT2D eigenvalue weighted by molar-refractivity contribution is -0.113. The second kappa shape index (κ2) is 8.13. The molecule has 4 rings (SSSR count). The number of ether oxygens (including phenoxy) is 1. The number of nitrogens with zero attached hydrogens (tertiary/aromatic N) is 1. The van der Waals surface area contributed by atoms with Gasteiger partial charge in [0.25, 0.3) is 5.91 Å². The summed E-state index contributed by atoms with van der Waals surface area (Å²) in [7, 11) is 1.62. The van der Waals surface area contributed by atoms with Crippen LogP contribution in [0.4, 0.5) is 5.69 Å². The number of aromatic hydroxyl groups is 1. The van der Waals surface area contributed by atoms with E-state index >= 15 is 0 Å². The van der Waals surface area contributed by atoms with Gasteiger partial charge in [-0.15, -0.1) is 0 Å². The van der Waals surface area contributed by atoms with Crippen molar-refractivity contribution < 1.29 is 14.6 Å². The van der Waals surface area contributed by atoms with Gasteiger partial charge in [0.2, 0.25) is 0 Å². The first-order valence-electron chi connectivity index (χ1n) is 9.33. The number of methoxy groups -OCH3 is 1. The zero-order valence-corrected chi connectivity index (χ0v) is 17.5. The van der Waals surface area contributed by atoms with Crippen LogP contribution in [0.3, 0.4) is 0 Å². The van der Waals surface area contributed by atoms with Crippen LogP contribution in [0.2, 0.25) is 0 Å². The summed E-state index contributed by atoms with van der Waals surface area (Å²) in [5.74, 6) is 0.748. The molecule has 0 unspecified atom stereocenters. The van der Waals surface area contributed by atoms with Crippen molar-refractivity contribution in [2.45, 2.75) is 12.8 Å². The van der Waals surface area contributed by atoms with Gasteiger partial charge in [-0.1, -0.05) is 30.4 Å². The number of allylic oxidation sites excluding steroid dienone is 4. The normalized spacial score (nSPS) is 17.5. The van der Waals surface area contributed by atoms with Crippen LogP contribution in [0.15, 0.2) is 88.1 Å². The van der Waals surface area contributed by atoms with Crippen molar-refractivity contribution >= 4 is 33.6 Å². The minimum Gasteiger partial charge on any atom is -0.508 e. The maximum absolute atomic E-state index is 13.3. The lowest BCUT2D eigenvalue weighted by Crippen LogP contribution is -2.26. The molecular weight excluding hydrogens is 430 g/mol. The molecule has 0 spiro atoms. The molecule has 4 nitrogen and oxygen atoms in total. The van der Waals surface area contributed by atoms with E-state index in [0.717, 1.165) is 39.9 Å². The first-order chi connectivity index (χ1) is 14.1. The van der Waals surface area contributed by atoms with Crippen LogP contribution >= 0.6 is 15.9 Å². The molecule has 0 atom stereocenters. The number of halogens is 1. The molecule has 0 bridgehead atoms. The van der Waals surface area contributed by atoms with Crippen molar-refractivity contribution in [1.29, 1.82) is 0 Å². The van der Waals surface area contributed by atoms with Crippen molar-refractivity contribution in [3.63, 3.8) is 0 Å². The van der Waals surface area contributed by atoms with Crippen LogP contribution in [0.1, 0.15) is 18.4 Å². The lowest BCUT2D eigenvalue weighted by atomic mass is 10.0. The van der Waals surface area contributed by atoms with Gasteiger partial charge in [0, 0.05) is 11.6 Å². The van der Waals surface area contributed by atoms with E-state index in [1.165, 1.54) is 0 Å². The highest BCUT2D eigenvalue weighted by atomic mass is 79.9. The van der Waals surface area contributed by atoms with E-state index in [-0.39, 0.29) is 11.7 Å². The molecule has 1 heterocycles. The second-order valence-corrected chi connectivity index (χ2v) is 7.70. The van der Waals surface area contributed by atoms with Crippen molar-refractivity contribution in [1.82, 2.24) is 0 Å². The van der Waals surface area contributed by atoms with Crippen molar-refractivity contribution in [2.75, 3.05) is 12.0 Å². The van der Waals surface area contributed by atoms with Crippen LogP contribution in [0.5, 0.6) is 11.5 Å². The molecule has 0 radical (unpaired) electrons. The fraction of sp³-hybridized carbons (Fsp3) is 0.125. The standard InChI is InChI=1S/C24H20BrNO3/c1-29-23-11-10-16(13-21(23)25)12-18-14-22(17-6-3-2-4-7-17)26(24(18)28)19-8-5-9-20(27)15-19/h2-3,5-6,8-15,27H,4,7H2,1H3. The molecule has 1 aliphatic carbocycles. The SMILES string of the molecule is COc1ccc(C=C2C=C(C3=CC=CCC3)N(c3cccc(O)c3)C2=O)cc1Br. The first kappa shape index (κ1) is 19.3. The van der Waals surface area contributed by atoms with Crippen molar-refractivity contribution in [3.05, 3.63) is 93.6 Å². The number of hydrogen-bond donors (Lipinski definition) is 1. The number of amides is 1. The molecule has 0 aromatic heterocycles. The zero-order chi connectivity index (χ0) is 20.4. The number of rotatable bonds is 4. The van der Waals surface area contributed by atoms with Gasteiger partial charge in [-0.3, -0.25) is 9.69 Å². The number of benzene rings is 2. The molecule has 0 saturated carbocycles. The van der Waals surface area contributed by atoms with E-state index in [2.05, 4.69) is 22.0 Å². The Hall–Kier alpha value is -3.05. The number of carbonyl (C=O) groups excluding carboxylic acids is 1.